The lowest BCUT2D eigenvalue weighted by Gasteiger charge is -2.05. The van der Waals surface area contributed by atoms with Crippen molar-refractivity contribution in [3.63, 3.8) is 0 Å². The molecule has 2 rings (SSSR count). The minimum absolute atomic E-state index is 0.0613. The SMILES string of the molecule is COCC(N)c1csc(C2CC2)n1. The molecule has 0 amide bonds. The van der Waals surface area contributed by atoms with E-state index in [9.17, 15) is 0 Å². The number of thiazole rings is 1. The molecule has 1 saturated carbocycles. The van der Waals surface area contributed by atoms with Gasteiger partial charge in [0.25, 0.3) is 0 Å². The van der Waals surface area contributed by atoms with Gasteiger partial charge < -0.3 is 10.5 Å². The van der Waals surface area contributed by atoms with E-state index in [0.29, 0.717) is 6.61 Å². The largest absolute Gasteiger partial charge is 0.383 e. The van der Waals surface area contributed by atoms with Crippen LogP contribution in [0.15, 0.2) is 5.38 Å². The first-order valence-corrected chi connectivity index (χ1v) is 5.39. The minimum Gasteiger partial charge on any atom is -0.383 e. The van der Waals surface area contributed by atoms with Crippen LogP contribution in [0.2, 0.25) is 0 Å². The van der Waals surface area contributed by atoms with Crippen LogP contribution in [0.25, 0.3) is 0 Å². The topological polar surface area (TPSA) is 48.1 Å². The van der Waals surface area contributed by atoms with Crippen LogP contribution in [0, 0.1) is 0 Å². The molecular formula is C9H14N2OS. The quantitative estimate of drug-likeness (QED) is 0.800. The molecule has 1 fully saturated rings. The zero-order valence-electron chi connectivity index (χ0n) is 7.69. The van der Waals surface area contributed by atoms with Crippen molar-refractivity contribution < 1.29 is 4.74 Å². The van der Waals surface area contributed by atoms with Gasteiger partial charge in [-0.3, -0.25) is 0 Å². The van der Waals surface area contributed by atoms with Gasteiger partial charge in [0.05, 0.1) is 23.4 Å². The Balaban J connectivity index is 2.03. The highest BCUT2D eigenvalue weighted by Crippen LogP contribution is 2.41. The normalized spacial score (nSPS) is 18.9. The van der Waals surface area contributed by atoms with Gasteiger partial charge in [-0.1, -0.05) is 0 Å². The fourth-order valence-corrected chi connectivity index (χ4v) is 2.31. The van der Waals surface area contributed by atoms with E-state index >= 15 is 0 Å². The number of aromatic nitrogens is 1. The van der Waals surface area contributed by atoms with Gasteiger partial charge >= 0.3 is 0 Å². The average molecular weight is 198 g/mol. The minimum atomic E-state index is -0.0613. The number of nitrogens with two attached hydrogens (primary N) is 1. The maximum absolute atomic E-state index is 5.86. The first-order valence-electron chi connectivity index (χ1n) is 4.51. The molecule has 0 saturated heterocycles. The van der Waals surface area contributed by atoms with Crippen molar-refractivity contribution in [3.05, 3.63) is 16.1 Å². The van der Waals surface area contributed by atoms with Crippen LogP contribution in [-0.4, -0.2) is 18.7 Å². The van der Waals surface area contributed by atoms with Crippen LogP contribution in [0.4, 0.5) is 0 Å². The summed E-state index contributed by atoms with van der Waals surface area (Å²) in [7, 11) is 1.66. The molecule has 1 aromatic rings. The van der Waals surface area contributed by atoms with E-state index in [1.165, 1.54) is 17.8 Å². The monoisotopic (exact) mass is 198 g/mol. The van der Waals surface area contributed by atoms with Gasteiger partial charge in [-0.05, 0) is 12.8 Å². The van der Waals surface area contributed by atoms with Crippen molar-refractivity contribution in [2.24, 2.45) is 5.73 Å². The summed E-state index contributed by atoms with van der Waals surface area (Å²) in [5.74, 6) is 0.730. The van der Waals surface area contributed by atoms with E-state index in [1.807, 2.05) is 0 Å². The van der Waals surface area contributed by atoms with E-state index in [1.54, 1.807) is 18.4 Å². The Hall–Kier alpha value is -0.450. The molecule has 1 aliphatic carbocycles. The van der Waals surface area contributed by atoms with Crippen molar-refractivity contribution in [2.45, 2.75) is 24.8 Å². The highest BCUT2D eigenvalue weighted by atomic mass is 32.1. The molecule has 0 aliphatic heterocycles. The number of rotatable bonds is 4. The van der Waals surface area contributed by atoms with Crippen molar-refractivity contribution in [1.29, 1.82) is 0 Å². The molecule has 0 bridgehead atoms. The number of nitrogens with zero attached hydrogens (tertiary/aromatic N) is 1. The van der Waals surface area contributed by atoms with Crippen LogP contribution in [-0.2, 0) is 4.74 Å². The highest BCUT2D eigenvalue weighted by molar-refractivity contribution is 7.09. The van der Waals surface area contributed by atoms with E-state index in [2.05, 4.69) is 10.4 Å². The maximum Gasteiger partial charge on any atom is 0.0959 e. The number of methoxy groups -OCH3 is 1. The average Bonchev–Trinajstić information content (AvgIpc) is 2.84. The van der Waals surface area contributed by atoms with Gasteiger partial charge in [-0.15, -0.1) is 11.3 Å². The molecule has 13 heavy (non-hydrogen) atoms. The summed E-state index contributed by atoms with van der Waals surface area (Å²) in [6.45, 7) is 0.549. The summed E-state index contributed by atoms with van der Waals surface area (Å²) in [5.41, 5.74) is 6.84. The lowest BCUT2D eigenvalue weighted by molar-refractivity contribution is 0.180. The molecule has 72 valence electrons. The highest BCUT2D eigenvalue weighted by Gasteiger charge is 2.27. The van der Waals surface area contributed by atoms with Crippen molar-refractivity contribution in [1.82, 2.24) is 4.98 Å². The summed E-state index contributed by atoms with van der Waals surface area (Å²) in [6, 6.07) is -0.0613. The molecule has 4 heteroatoms. The molecule has 1 atom stereocenters. The molecule has 1 heterocycles. The van der Waals surface area contributed by atoms with Gasteiger partial charge in [0.2, 0.25) is 0 Å². The fourth-order valence-electron chi connectivity index (χ4n) is 1.25. The molecule has 1 aliphatic rings. The third-order valence-corrected chi connectivity index (χ3v) is 3.22. The zero-order chi connectivity index (χ0) is 9.26. The van der Waals surface area contributed by atoms with Gasteiger partial charge in [-0.25, -0.2) is 4.98 Å². The number of hydrogen-bond acceptors (Lipinski definition) is 4. The molecule has 0 radical (unpaired) electrons. The Kier molecular flexibility index (Phi) is 2.62. The smallest absolute Gasteiger partial charge is 0.0959 e. The zero-order valence-corrected chi connectivity index (χ0v) is 8.51. The molecular weight excluding hydrogens is 184 g/mol. The predicted octanol–water partition coefficient (Wildman–Crippen LogP) is 1.67. The summed E-state index contributed by atoms with van der Waals surface area (Å²) >= 11 is 1.73. The van der Waals surface area contributed by atoms with Crippen molar-refractivity contribution in [3.8, 4) is 0 Å². The third-order valence-electron chi connectivity index (χ3n) is 2.19. The van der Waals surface area contributed by atoms with Gasteiger partial charge in [0, 0.05) is 18.4 Å². The van der Waals surface area contributed by atoms with Crippen molar-refractivity contribution in [2.75, 3.05) is 13.7 Å². The van der Waals surface area contributed by atoms with Gasteiger partial charge in [0.15, 0.2) is 0 Å². The molecule has 1 unspecified atom stereocenters. The Morgan fingerprint density at radius 3 is 3.15 bits per heavy atom. The van der Waals surface area contributed by atoms with Crippen LogP contribution < -0.4 is 5.73 Å². The predicted molar refractivity (Wildman–Crippen MR) is 52.9 cm³/mol. The van der Waals surface area contributed by atoms with Gasteiger partial charge in [0.1, 0.15) is 0 Å². The van der Waals surface area contributed by atoms with E-state index in [-0.39, 0.29) is 6.04 Å². The second kappa shape index (κ2) is 3.74. The van der Waals surface area contributed by atoms with Crippen molar-refractivity contribution >= 4 is 11.3 Å². The fraction of sp³-hybridized carbons (Fsp3) is 0.667. The third kappa shape index (κ3) is 2.07. The molecule has 0 aromatic carbocycles. The number of hydrogen-bond donors (Lipinski definition) is 1. The summed E-state index contributed by atoms with van der Waals surface area (Å²) in [4.78, 5) is 4.50. The first-order chi connectivity index (χ1) is 6.31. The summed E-state index contributed by atoms with van der Waals surface area (Å²) < 4.78 is 4.98. The van der Waals surface area contributed by atoms with E-state index < -0.39 is 0 Å². The van der Waals surface area contributed by atoms with Crippen LogP contribution in [0.3, 0.4) is 0 Å². The maximum atomic E-state index is 5.86. The Labute approximate surface area is 81.9 Å². The second-order valence-electron chi connectivity index (χ2n) is 3.45. The van der Waals surface area contributed by atoms with Gasteiger partial charge in [-0.2, -0.15) is 0 Å². The molecule has 0 spiro atoms. The lowest BCUT2D eigenvalue weighted by Crippen LogP contribution is -2.16. The second-order valence-corrected chi connectivity index (χ2v) is 4.34. The number of ether oxygens (including phenoxy) is 1. The summed E-state index contributed by atoms with van der Waals surface area (Å²) in [6.07, 6.45) is 2.60. The van der Waals surface area contributed by atoms with Crippen LogP contribution in [0.5, 0.6) is 0 Å². The van der Waals surface area contributed by atoms with Crippen LogP contribution >= 0.6 is 11.3 Å². The Morgan fingerprint density at radius 1 is 1.77 bits per heavy atom. The first kappa shape index (κ1) is 9.12. The standard InChI is InChI=1S/C9H14N2OS/c1-12-4-7(10)8-5-13-9(11-8)6-2-3-6/h5-7H,2-4,10H2,1H3. The van der Waals surface area contributed by atoms with E-state index in [0.717, 1.165) is 11.6 Å². The molecule has 2 N–H and O–H groups in total. The van der Waals surface area contributed by atoms with Crippen LogP contribution in [0.1, 0.15) is 35.5 Å². The van der Waals surface area contributed by atoms with E-state index in [4.69, 9.17) is 10.5 Å². The lowest BCUT2D eigenvalue weighted by atomic mass is 10.2. The summed E-state index contributed by atoms with van der Waals surface area (Å²) in [5, 5.41) is 3.30. The molecule has 1 aromatic heterocycles. The Bertz CT molecular complexity index is 283. The molecule has 3 nitrogen and oxygen atoms in total. The Morgan fingerprint density at radius 2 is 2.54 bits per heavy atom.